The summed E-state index contributed by atoms with van der Waals surface area (Å²) in [6.07, 6.45) is 8.87. The summed E-state index contributed by atoms with van der Waals surface area (Å²) >= 11 is 0. The predicted molar refractivity (Wildman–Crippen MR) is 111 cm³/mol. The van der Waals surface area contributed by atoms with Crippen LogP contribution in [0.5, 0.6) is 5.88 Å². The average Bonchev–Trinajstić information content (AvgIpc) is 3.37. The van der Waals surface area contributed by atoms with Crippen LogP contribution in [-0.2, 0) is 0 Å². The van der Waals surface area contributed by atoms with Crippen molar-refractivity contribution in [3.8, 4) is 17.0 Å². The van der Waals surface area contributed by atoms with E-state index in [2.05, 4.69) is 15.1 Å². The zero-order valence-electron chi connectivity index (χ0n) is 16.4. The van der Waals surface area contributed by atoms with Crippen molar-refractivity contribution >= 4 is 22.5 Å². The third kappa shape index (κ3) is 3.12. The van der Waals surface area contributed by atoms with Gasteiger partial charge in [-0.15, -0.1) is 0 Å². The van der Waals surface area contributed by atoms with Gasteiger partial charge in [-0.1, -0.05) is 0 Å². The summed E-state index contributed by atoms with van der Waals surface area (Å²) < 4.78 is 7.26. The molecule has 4 aromatic rings. The molecule has 29 heavy (non-hydrogen) atoms. The van der Waals surface area contributed by atoms with E-state index < -0.39 is 0 Å². The quantitative estimate of drug-likeness (QED) is 0.574. The van der Waals surface area contributed by atoms with Gasteiger partial charge in [-0.2, -0.15) is 10.1 Å². The Morgan fingerprint density at radius 1 is 1.21 bits per heavy atom. The molecule has 1 aliphatic heterocycles. The van der Waals surface area contributed by atoms with Gasteiger partial charge in [0, 0.05) is 42.5 Å². The molecule has 1 aliphatic rings. The number of piperidine rings is 1. The predicted octanol–water partition coefficient (Wildman–Crippen LogP) is 3.90. The van der Waals surface area contributed by atoms with E-state index in [4.69, 9.17) is 4.74 Å². The second-order valence-electron chi connectivity index (χ2n) is 7.34. The molecule has 1 saturated heterocycles. The Labute approximate surface area is 168 Å². The first-order chi connectivity index (χ1) is 14.2. The van der Waals surface area contributed by atoms with E-state index in [1.807, 2.05) is 48.5 Å². The first-order valence-electron chi connectivity index (χ1n) is 10.1. The molecule has 0 radical (unpaired) electrons. The van der Waals surface area contributed by atoms with Crippen molar-refractivity contribution in [2.75, 3.05) is 19.7 Å². The summed E-state index contributed by atoms with van der Waals surface area (Å²) in [6.45, 7) is 4.17. The zero-order chi connectivity index (χ0) is 19.8. The number of aromatic amines is 1. The maximum Gasteiger partial charge on any atom is 0.257 e. The number of hydrogen-bond donors (Lipinski definition) is 1. The van der Waals surface area contributed by atoms with Crippen LogP contribution < -0.4 is 4.74 Å². The van der Waals surface area contributed by atoms with E-state index in [1.165, 1.54) is 6.42 Å². The Kier molecular flexibility index (Phi) is 4.42. The maximum atomic E-state index is 13.0. The molecule has 5 heterocycles. The van der Waals surface area contributed by atoms with E-state index in [0.29, 0.717) is 18.1 Å². The molecule has 1 N–H and O–H groups in total. The summed E-state index contributed by atoms with van der Waals surface area (Å²) in [5.74, 6) is 0.674. The van der Waals surface area contributed by atoms with Gasteiger partial charge in [-0.25, -0.2) is 4.52 Å². The summed E-state index contributed by atoms with van der Waals surface area (Å²) in [4.78, 5) is 22.7. The van der Waals surface area contributed by atoms with Crippen molar-refractivity contribution in [2.45, 2.75) is 26.2 Å². The Morgan fingerprint density at radius 2 is 2.07 bits per heavy atom. The highest BCUT2D eigenvalue weighted by molar-refractivity contribution is 6.02. The minimum Gasteiger partial charge on any atom is -0.478 e. The standard InChI is InChI=1S/C22H23N5O2/c1-2-29-20-7-6-16-17(13-23-21(16)25-20)15-8-11-27-19(12-15)18(14-24-27)22(28)26-9-4-3-5-10-26/h6-8,11-14H,2-5,9-10H2,1H3,(H,23,25). The minimum absolute atomic E-state index is 0.0683. The summed E-state index contributed by atoms with van der Waals surface area (Å²) in [5.41, 5.74) is 4.32. The number of nitrogens with one attached hydrogen (secondary N) is 1. The number of hydrogen-bond acceptors (Lipinski definition) is 4. The Morgan fingerprint density at radius 3 is 2.90 bits per heavy atom. The number of aromatic nitrogens is 4. The monoisotopic (exact) mass is 389 g/mol. The van der Waals surface area contributed by atoms with Crippen molar-refractivity contribution < 1.29 is 9.53 Å². The molecular weight excluding hydrogens is 366 g/mol. The molecule has 148 valence electrons. The molecule has 0 bridgehead atoms. The number of nitrogens with zero attached hydrogens (tertiary/aromatic N) is 4. The lowest BCUT2D eigenvalue weighted by Gasteiger charge is -2.26. The van der Waals surface area contributed by atoms with Crippen LogP contribution in [0.3, 0.4) is 0 Å². The largest absolute Gasteiger partial charge is 0.478 e. The van der Waals surface area contributed by atoms with Gasteiger partial charge in [0.05, 0.1) is 23.9 Å². The molecule has 0 spiro atoms. The highest BCUT2D eigenvalue weighted by Gasteiger charge is 2.22. The second kappa shape index (κ2) is 7.24. The molecule has 0 unspecified atom stereocenters. The molecule has 0 atom stereocenters. The van der Waals surface area contributed by atoms with Crippen LogP contribution in [0.2, 0.25) is 0 Å². The van der Waals surface area contributed by atoms with Crippen LogP contribution in [0.4, 0.5) is 0 Å². The van der Waals surface area contributed by atoms with Gasteiger partial charge in [-0.3, -0.25) is 4.79 Å². The van der Waals surface area contributed by atoms with E-state index in [0.717, 1.165) is 53.6 Å². The van der Waals surface area contributed by atoms with E-state index >= 15 is 0 Å². The fourth-order valence-corrected chi connectivity index (χ4v) is 4.03. The smallest absolute Gasteiger partial charge is 0.257 e. The van der Waals surface area contributed by atoms with Gasteiger partial charge in [0.25, 0.3) is 5.91 Å². The van der Waals surface area contributed by atoms with Crippen LogP contribution in [0.1, 0.15) is 36.5 Å². The average molecular weight is 389 g/mol. The number of carbonyl (C=O) groups is 1. The zero-order valence-corrected chi connectivity index (χ0v) is 16.4. The topological polar surface area (TPSA) is 75.5 Å². The molecule has 4 aromatic heterocycles. The first kappa shape index (κ1) is 17.7. The van der Waals surface area contributed by atoms with Gasteiger partial charge < -0.3 is 14.6 Å². The van der Waals surface area contributed by atoms with Gasteiger partial charge >= 0.3 is 0 Å². The van der Waals surface area contributed by atoms with Crippen LogP contribution in [0, 0.1) is 0 Å². The number of fused-ring (bicyclic) bond motifs is 2. The Bertz CT molecular complexity index is 1190. The minimum atomic E-state index is 0.0683. The van der Waals surface area contributed by atoms with Crippen LogP contribution >= 0.6 is 0 Å². The van der Waals surface area contributed by atoms with Crippen LogP contribution in [0.15, 0.2) is 42.9 Å². The Hall–Kier alpha value is -3.35. The molecule has 1 amide bonds. The fraction of sp³-hybridized carbons (Fsp3) is 0.318. The number of likely N-dealkylation sites (tertiary alicyclic amines) is 1. The molecule has 0 aliphatic carbocycles. The number of H-pyrrole nitrogens is 1. The van der Waals surface area contributed by atoms with E-state index in [-0.39, 0.29) is 5.91 Å². The van der Waals surface area contributed by atoms with Crippen molar-refractivity contribution in [3.63, 3.8) is 0 Å². The summed E-state index contributed by atoms with van der Waals surface area (Å²) in [5, 5.41) is 5.40. The lowest BCUT2D eigenvalue weighted by atomic mass is 10.1. The third-order valence-electron chi connectivity index (χ3n) is 5.51. The molecule has 1 fully saturated rings. The first-order valence-corrected chi connectivity index (χ1v) is 10.1. The summed E-state index contributed by atoms with van der Waals surface area (Å²) in [7, 11) is 0. The molecule has 0 aromatic carbocycles. The maximum absolute atomic E-state index is 13.0. The second-order valence-corrected chi connectivity index (χ2v) is 7.34. The summed E-state index contributed by atoms with van der Waals surface area (Å²) in [6, 6.07) is 7.93. The molecule has 5 rings (SSSR count). The number of ether oxygens (including phenoxy) is 1. The van der Waals surface area contributed by atoms with Crippen molar-refractivity contribution in [1.29, 1.82) is 0 Å². The molecule has 0 saturated carbocycles. The lowest BCUT2D eigenvalue weighted by Crippen LogP contribution is -2.35. The number of rotatable bonds is 4. The number of amides is 1. The third-order valence-corrected chi connectivity index (χ3v) is 5.51. The highest BCUT2D eigenvalue weighted by atomic mass is 16.5. The normalized spacial score (nSPS) is 14.6. The SMILES string of the molecule is CCOc1ccc2c(-c3ccn4ncc(C(=O)N5CCCCC5)c4c3)c[nH]c2n1. The van der Waals surface area contributed by atoms with E-state index in [9.17, 15) is 4.79 Å². The van der Waals surface area contributed by atoms with Crippen molar-refractivity contribution in [3.05, 3.63) is 48.4 Å². The number of carbonyl (C=O) groups excluding carboxylic acids is 1. The van der Waals surface area contributed by atoms with Gasteiger partial charge in [0.2, 0.25) is 5.88 Å². The lowest BCUT2D eigenvalue weighted by molar-refractivity contribution is 0.0726. The number of pyridine rings is 2. The van der Waals surface area contributed by atoms with Gasteiger partial charge in [-0.05, 0) is 49.9 Å². The van der Waals surface area contributed by atoms with Crippen molar-refractivity contribution in [2.24, 2.45) is 0 Å². The Balaban J connectivity index is 1.54. The van der Waals surface area contributed by atoms with Crippen LogP contribution in [-0.4, -0.2) is 50.1 Å². The van der Waals surface area contributed by atoms with Gasteiger partial charge in [0.15, 0.2) is 0 Å². The van der Waals surface area contributed by atoms with Crippen molar-refractivity contribution in [1.82, 2.24) is 24.5 Å². The molecule has 7 heteroatoms. The molecular formula is C22H23N5O2. The van der Waals surface area contributed by atoms with Gasteiger partial charge in [0.1, 0.15) is 5.65 Å². The highest BCUT2D eigenvalue weighted by Crippen LogP contribution is 2.30. The van der Waals surface area contributed by atoms with Crippen LogP contribution in [0.25, 0.3) is 27.7 Å². The van der Waals surface area contributed by atoms with E-state index in [1.54, 1.807) is 10.7 Å². The molecule has 7 nitrogen and oxygen atoms in total. The fourth-order valence-electron chi connectivity index (χ4n) is 4.03.